The largest absolute Gasteiger partial charge is 0.255 e. The van der Waals surface area contributed by atoms with E-state index < -0.39 is 8.07 Å². The lowest BCUT2D eigenvalue weighted by molar-refractivity contribution is 0.647. The second-order valence-corrected chi connectivity index (χ2v) is 15.5. The highest BCUT2D eigenvalue weighted by Crippen LogP contribution is 2.38. The molecule has 0 atom stereocenters. The van der Waals surface area contributed by atoms with Crippen LogP contribution in [0.5, 0.6) is 0 Å². The first-order valence-corrected chi connectivity index (χ1v) is 15.1. The van der Waals surface area contributed by atoms with Crippen molar-refractivity contribution in [2.75, 3.05) is 0 Å². The molecule has 0 fully saturated rings. The van der Waals surface area contributed by atoms with Crippen molar-refractivity contribution in [3.8, 4) is 11.3 Å². The van der Waals surface area contributed by atoms with E-state index >= 15 is 0 Å². The number of thiophene rings is 1. The fourth-order valence-corrected chi connectivity index (χ4v) is 8.47. The summed E-state index contributed by atoms with van der Waals surface area (Å²) in [6.45, 7) is 14.2. The molecular formula is C26H31NSSi. The van der Waals surface area contributed by atoms with Crippen LogP contribution in [0.1, 0.15) is 43.7 Å². The van der Waals surface area contributed by atoms with Crippen molar-refractivity contribution in [3.63, 3.8) is 0 Å². The zero-order valence-corrected chi connectivity index (χ0v) is 20.3. The summed E-state index contributed by atoms with van der Waals surface area (Å²) in [6, 6.07) is 15.8. The number of pyridine rings is 1. The number of nitrogens with zero attached hydrogens (tertiary/aromatic N) is 1. The molecule has 2 heterocycles. The molecule has 0 N–H and O–H groups in total. The molecular weight excluding hydrogens is 386 g/mol. The van der Waals surface area contributed by atoms with Crippen molar-refractivity contribution in [3.05, 3.63) is 59.8 Å². The number of rotatable bonds is 5. The maximum atomic E-state index is 4.90. The molecule has 4 aromatic rings. The normalized spacial score (nSPS) is 12.4. The standard InChI is InChI=1S/C26H31NSSi/c1-7-18(8-2)23-16-20(15-19-11-9-10-12-22(19)23)24-25-21(13-14-27-24)17(3)26(28-25)29(4,5)6/h9-16,18H,7-8H2,1-6H3. The molecule has 0 spiro atoms. The van der Waals surface area contributed by atoms with Gasteiger partial charge < -0.3 is 0 Å². The van der Waals surface area contributed by atoms with Gasteiger partial charge in [-0.2, -0.15) is 0 Å². The Balaban J connectivity index is 2.01. The minimum atomic E-state index is -1.38. The number of benzene rings is 2. The zero-order valence-electron chi connectivity index (χ0n) is 18.5. The number of hydrogen-bond donors (Lipinski definition) is 0. The number of fused-ring (bicyclic) bond motifs is 2. The lowest BCUT2D eigenvalue weighted by Crippen LogP contribution is -2.36. The average molecular weight is 418 g/mol. The van der Waals surface area contributed by atoms with E-state index in [-0.39, 0.29) is 0 Å². The minimum Gasteiger partial charge on any atom is -0.255 e. The van der Waals surface area contributed by atoms with Crippen molar-refractivity contribution in [1.82, 2.24) is 4.98 Å². The highest BCUT2D eigenvalue weighted by molar-refractivity contribution is 7.32. The summed E-state index contributed by atoms with van der Waals surface area (Å²) < 4.78 is 2.95. The van der Waals surface area contributed by atoms with Gasteiger partial charge in [-0.05, 0) is 75.7 Å². The topological polar surface area (TPSA) is 12.9 Å². The Morgan fingerprint density at radius 2 is 1.69 bits per heavy atom. The molecule has 150 valence electrons. The van der Waals surface area contributed by atoms with Crippen LogP contribution in [0.15, 0.2) is 48.7 Å². The second-order valence-electron chi connectivity index (χ2n) is 9.14. The van der Waals surface area contributed by atoms with Crippen molar-refractivity contribution >= 4 is 44.8 Å². The molecule has 0 aliphatic rings. The first-order chi connectivity index (χ1) is 13.8. The minimum absolute atomic E-state index is 0.585. The van der Waals surface area contributed by atoms with Crippen LogP contribution in [0.25, 0.3) is 32.1 Å². The van der Waals surface area contributed by atoms with Crippen molar-refractivity contribution in [1.29, 1.82) is 0 Å². The van der Waals surface area contributed by atoms with E-state index in [9.17, 15) is 0 Å². The third kappa shape index (κ3) is 3.55. The Morgan fingerprint density at radius 3 is 2.38 bits per heavy atom. The van der Waals surface area contributed by atoms with Crippen LogP contribution >= 0.6 is 11.3 Å². The van der Waals surface area contributed by atoms with Crippen LogP contribution in [0, 0.1) is 6.92 Å². The van der Waals surface area contributed by atoms with Crippen LogP contribution in [-0.4, -0.2) is 13.1 Å². The predicted octanol–water partition coefficient (Wildman–Crippen LogP) is 7.87. The van der Waals surface area contributed by atoms with Gasteiger partial charge in [-0.15, -0.1) is 11.3 Å². The maximum Gasteiger partial charge on any atom is 0.0908 e. The van der Waals surface area contributed by atoms with Gasteiger partial charge in [0.25, 0.3) is 0 Å². The molecule has 0 aliphatic carbocycles. The van der Waals surface area contributed by atoms with Crippen LogP contribution in [0.3, 0.4) is 0 Å². The van der Waals surface area contributed by atoms with E-state index in [2.05, 4.69) is 82.9 Å². The van der Waals surface area contributed by atoms with E-state index in [0.717, 1.165) is 5.69 Å². The lowest BCUT2D eigenvalue weighted by atomic mass is 9.87. The van der Waals surface area contributed by atoms with Gasteiger partial charge >= 0.3 is 0 Å². The van der Waals surface area contributed by atoms with Gasteiger partial charge in [0, 0.05) is 11.8 Å². The fourth-order valence-electron chi connectivity index (χ4n) is 4.61. The zero-order chi connectivity index (χ0) is 20.8. The van der Waals surface area contributed by atoms with Crippen LogP contribution < -0.4 is 4.50 Å². The monoisotopic (exact) mass is 417 g/mol. The summed E-state index contributed by atoms with van der Waals surface area (Å²) >= 11 is 1.98. The van der Waals surface area contributed by atoms with Gasteiger partial charge in [0.15, 0.2) is 0 Å². The molecule has 0 saturated heterocycles. The maximum absolute atomic E-state index is 4.90. The summed E-state index contributed by atoms with van der Waals surface area (Å²) in [5.74, 6) is 0.585. The molecule has 29 heavy (non-hydrogen) atoms. The third-order valence-electron chi connectivity index (χ3n) is 6.13. The Hall–Kier alpha value is -1.97. The molecule has 3 heteroatoms. The summed E-state index contributed by atoms with van der Waals surface area (Å²) in [7, 11) is -1.38. The fraction of sp³-hybridized carbons (Fsp3) is 0.346. The van der Waals surface area contributed by atoms with Crippen LogP contribution in [0.4, 0.5) is 0 Å². The Bertz CT molecular complexity index is 1180. The van der Waals surface area contributed by atoms with Gasteiger partial charge in [-0.25, -0.2) is 0 Å². The first-order valence-electron chi connectivity index (χ1n) is 10.8. The molecule has 0 unspecified atom stereocenters. The summed E-state index contributed by atoms with van der Waals surface area (Å²) in [4.78, 5) is 4.90. The lowest BCUT2D eigenvalue weighted by Gasteiger charge is -2.18. The van der Waals surface area contributed by atoms with Crippen LogP contribution in [0.2, 0.25) is 19.6 Å². The molecule has 1 nitrogen and oxygen atoms in total. The van der Waals surface area contributed by atoms with E-state index in [1.165, 1.54) is 50.4 Å². The van der Waals surface area contributed by atoms with Gasteiger partial charge in [0.1, 0.15) is 0 Å². The average Bonchev–Trinajstić information content (AvgIpc) is 3.06. The Labute approximate surface area is 179 Å². The first kappa shape index (κ1) is 20.3. The smallest absolute Gasteiger partial charge is 0.0908 e. The SMILES string of the molecule is CCC(CC)c1cc(-c2nccc3c(C)c([Si](C)(C)C)sc23)cc2ccccc12. The molecule has 0 saturated carbocycles. The van der Waals surface area contributed by atoms with Crippen molar-refractivity contribution in [2.24, 2.45) is 0 Å². The quantitative estimate of drug-likeness (QED) is 0.301. The Morgan fingerprint density at radius 1 is 0.966 bits per heavy atom. The number of hydrogen-bond acceptors (Lipinski definition) is 2. The van der Waals surface area contributed by atoms with Gasteiger partial charge in [0.2, 0.25) is 0 Å². The van der Waals surface area contributed by atoms with Gasteiger partial charge in [0.05, 0.1) is 18.5 Å². The Kier molecular flexibility index (Phi) is 5.39. The van der Waals surface area contributed by atoms with Crippen molar-refractivity contribution in [2.45, 2.75) is 59.2 Å². The molecule has 0 bridgehead atoms. The van der Waals surface area contributed by atoms with Gasteiger partial charge in [-0.1, -0.05) is 57.8 Å². The highest BCUT2D eigenvalue weighted by Gasteiger charge is 2.24. The van der Waals surface area contributed by atoms with Gasteiger partial charge in [-0.3, -0.25) is 4.98 Å². The summed E-state index contributed by atoms with van der Waals surface area (Å²) in [5.41, 5.74) is 5.35. The van der Waals surface area contributed by atoms with E-state index in [1.54, 1.807) is 4.50 Å². The predicted molar refractivity (Wildman–Crippen MR) is 134 cm³/mol. The molecule has 2 aromatic heterocycles. The third-order valence-corrected chi connectivity index (χ3v) is 11.1. The number of aryl methyl sites for hydroxylation is 1. The molecule has 0 radical (unpaired) electrons. The molecule has 0 aliphatic heterocycles. The summed E-state index contributed by atoms with van der Waals surface area (Å²) in [6.07, 6.45) is 4.33. The highest BCUT2D eigenvalue weighted by atomic mass is 32.1. The van der Waals surface area contributed by atoms with Crippen molar-refractivity contribution < 1.29 is 0 Å². The van der Waals surface area contributed by atoms with E-state index in [0.29, 0.717) is 5.92 Å². The van der Waals surface area contributed by atoms with Crippen LogP contribution in [-0.2, 0) is 0 Å². The molecule has 4 rings (SSSR count). The summed E-state index contributed by atoms with van der Waals surface area (Å²) in [5, 5.41) is 4.10. The molecule has 0 amide bonds. The van der Waals surface area contributed by atoms with E-state index in [1.807, 2.05) is 17.5 Å². The number of aromatic nitrogens is 1. The van der Waals surface area contributed by atoms with E-state index in [4.69, 9.17) is 4.98 Å². The second kappa shape index (κ2) is 7.70. The molecule has 2 aromatic carbocycles.